The molecule has 0 aromatic carbocycles. The minimum Gasteiger partial charge on any atom is -0.377 e. The molecule has 2 unspecified atom stereocenters. The third-order valence-corrected chi connectivity index (χ3v) is 4.49. The Morgan fingerprint density at radius 3 is 2.31 bits per heavy atom. The Balaban J connectivity index is 2.02. The fraction of sp³-hybridized carbons (Fsp3) is 1.00. The van der Waals surface area contributed by atoms with Gasteiger partial charge in [-0.3, -0.25) is 0 Å². The second-order valence-corrected chi connectivity index (χ2v) is 4.87. The summed E-state index contributed by atoms with van der Waals surface area (Å²) in [6.45, 7) is 5.64. The summed E-state index contributed by atoms with van der Waals surface area (Å²) in [6.07, 6.45) is 9.15. The van der Waals surface area contributed by atoms with Crippen LogP contribution in [0.1, 0.15) is 52.4 Å². The molecule has 1 nitrogen and oxygen atoms in total. The molecule has 1 aliphatic carbocycles. The number of hydrogen-bond acceptors (Lipinski definition) is 1. The van der Waals surface area contributed by atoms with Crippen molar-refractivity contribution in [2.45, 2.75) is 58.5 Å². The highest BCUT2D eigenvalue weighted by Gasteiger charge is 2.49. The molecule has 1 heterocycles. The molecule has 1 saturated heterocycles. The van der Waals surface area contributed by atoms with Crippen LogP contribution in [0.25, 0.3) is 0 Å². The maximum absolute atomic E-state index is 5.59. The fourth-order valence-corrected chi connectivity index (χ4v) is 3.27. The average molecular weight is 182 g/mol. The molecule has 0 N–H and O–H groups in total. The van der Waals surface area contributed by atoms with Crippen LogP contribution in [0.2, 0.25) is 0 Å². The Morgan fingerprint density at radius 2 is 1.92 bits per heavy atom. The lowest BCUT2D eigenvalue weighted by Crippen LogP contribution is -2.54. The molecule has 1 aliphatic heterocycles. The Morgan fingerprint density at radius 1 is 1.23 bits per heavy atom. The highest BCUT2D eigenvalue weighted by atomic mass is 16.5. The third kappa shape index (κ3) is 1.41. The van der Waals surface area contributed by atoms with Gasteiger partial charge in [-0.1, -0.05) is 26.2 Å². The molecule has 0 radical (unpaired) electrons. The van der Waals surface area contributed by atoms with Crippen LogP contribution in [0.4, 0.5) is 0 Å². The van der Waals surface area contributed by atoms with E-state index in [2.05, 4.69) is 13.8 Å². The van der Waals surface area contributed by atoms with Crippen molar-refractivity contribution in [3.63, 3.8) is 0 Å². The predicted octanol–water partition coefficient (Wildman–Crippen LogP) is 3.38. The van der Waals surface area contributed by atoms with Gasteiger partial charge in [-0.25, -0.2) is 0 Å². The van der Waals surface area contributed by atoms with Crippen LogP contribution < -0.4 is 0 Å². The summed E-state index contributed by atoms with van der Waals surface area (Å²) in [7, 11) is 0. The highest BCUT2D eigenvalue weighted by Crippen LogP contribution is 2.50. The van der Waals surface area contributed by atoms with Crippen LogP contribution in [-0.4, -0.2) is 12.7 Å². The summed E-state index contributed by atoms with van der Waals surface area (Å²) >= 11 is 0. The Hall–Kier alpha value is -0.0400. The minimum absolute atomic E-state index is 0.528. The number of rotatable bonds is 2. The summed E-state index contributed by atoms with van der Waals surface area (Å²) in [5.41, 5.74) is 0.570. The molecule has 2 fully saturated rings. The molecule has 0 aromatic rings. The van der Waals surface area contributed by atoms with Crippen LogP contribution in [0, 0.1) is 11.3 Å². The summed E-state index contributed by atoms with van der Waals surface area (Å²) in [6, 6.07) is 0. The van der Waals surface area contributed by atoms with Crippen LogP contribution in [0.15, 0.2) is 0 Å². The first kappa shape index (κ1) is 9.51. The van der Waals surface area contributed by atoms with Gasteiger partial charge in [-0.2, -0.15) is 0 Å². The zero-order valence-corrected chi connectivity index (χ0v) is 9.01. The number of hydrogen-bond donors (Lipinski definition) is 0. The molecule has 76 valence electrons. The maximum Gasteiger partial charge on any atom is 0.0628 e. The van der Waals surface area contributed by atoms with Gasteiger partial charge in [0, 0.05) is 5.41 Å². The largest absolute Gasteiger partial charge is 0.377 e. The van der Waals surface area contributed by atoms with Crippen molar-refractivity contribution in [3.05, 3.63) is 0 Å². The SMILES string of the molecule is CCC1(C2CCCCC2)COC1C. The molecule has 2 rings (SSSR count). The molecule has 0 spiro atoms. The van der Waals surface area contributed by atoms with Crippen LogP contribution in [-0.2, 0) is 4.74 Å². The van der Waals surface area contributed by atoms with E-state index >= 15 is 0 Å². The zero-order valence-electron chi connectivity index (χ0n) is 9.01. The van der Waals surface area contributed by atoms with Crippen molar-refractivity contribution in [2.24, 2.45) is 11.3 Å². The summed E-state index contributed by atoms with van der Waals surface area (Å²) in [5, 5.41) is 0. The van der Waals surface area contributed by atoms with Gasteiger partial charge < -0.3 is 4.74 Å². The molecular weight excluding hydrogens is 160 g/mol. The zero-order chi connectivity index (χ0) is 9.31. The van der Waals surface area contributed by atoms with Gasteiger partial charge in [-0.15, -0.1) is 0 Å². The standard InChI is InChI=1S/C12H22O/c1-3-12(9-13-10(12)2)11-7-5-4-6-8-11/h10-11H,3-9H2,1-2H3. The smallest absolute Gasteiger partial charge is 0.0628 e. The molecule has 2 atom stereocenters. The van der Waals surface area contributed by atoms with Gasteiger partial charge in [0.15, 0.2) is 0 Å². The van der Waals surface area contributed by atoms with Crippen molar-refractivity contribution in [3.8, 4) is 0 Å². The maximum atomic E-state index is 5.59. The molecule has 1 saturated carbocycles. The Bertz CT molecular complexity index is 168. The Labute approximate surface area is 81.9 Å². The van der Waals surface area contributed by atoms with E-state index in [1.165, 1.54) is 38.5 Å². The molecule has 0 bridgehead atoms. The van der Waals surface area contributed by atoms with Gasteiger partial charge in [0.25, 0.3) is 0 Å². The normalized spacial score (nSPS) is 41.5. The summed E-state index contributed by atoms with van der Waals surface area (Å²) in [5.74, 6) is 0.968. The van der Waals surface area contributed by atoms with E-state index in [0.29, 0.717) is 11.5 Å². The van der Waals surface area contributed by atoms with E-state index in [1.807, 2.05) is 0 Å². The van der Waals surface area contributed by atoms with E-state index in [9.17, 15) is 0 Å². The lowest BCUT2D eigenvalue weighted by molar-refractivity contribution is -0.211. The molecule has 0 amide bonds. The summed E-state index contributed by atoms with van der Waals surface area (Å²) in [4.78, 5) is 0. The van der Waals surface area contributed by atoms with Gasteiger partial charge >= 0.3 is 0 Å². The topological polar surface area (TPSA) is 9.23 Å². The lowest BCUT2D eigenvalue weighted by atomic mass is 9.62. The average Bonchev–Trinajstić information content (AvgIpc) is 2.19. The van der Waals surface area contributed by atoms with Crippen LogP contribution >= 0.6 is 0 Å². The molecule has 2 aliphatic rings. The molecule has 13 heavy (non-hydrogen) atoms. The van der Waals surface area contributed by atoms with E-state index in [0.717, 1.165) is 12.5 Å². The monoisotopic (exact) mass is 182 g/mol. The third-order valence-electron chi connectivity index (χ3n) is 4.49. The van der Waals surface area contributed by atoms with Gasteiger partial charge in [0.05, 0.1) is 12.7 Å². The Kier molecular flexibility index (Phi) is 2.64. The first-order valence-electron chi connectivity index (χ1n) is 5.91. The quantitative estimate of drug-likeness (QED) is 0.636. The highest BCUT2D eigenvalue weighted by molar-refractivity contribution is 4.97. The van der Waals surface area contributed by atoms with Crippen molar-refractivity contribution in [2.75, 3.05) is 6.61 Å². The molecule has 0 aromatic heterocycles. The first-order chi connectivity index (χ1) is 6.29. The fourth-order valence-electron chi connectivity index (χ4n) is 3.27. The van der Waals surface area contributed by atoms with E-state index in [1.54, 1.807) is 0 Å². The van der Waals surface area contributed by atoms with Crippen molar-refractivity contribution in [1.82, 2.24) is 0 Å². The van der Waals surface area contributed by atoms with Crippen LogP contribution in [0.3, 0.4) is 0 Å². The van der Waals surface area contributed by atoms with Gasteiger partial charge in [0.2, 0.25) is 0 Å². The second kappa shape index (κ2) is 3.61. The van der Waals surface area contributed by atoms with Crippen LogP contribution in [0.5, 0.6) is 0 Å². The first-order valence-corrected chi connectivity index (χ1v) is 5.91. The van der Waals surface area contributed by atoms with Gasteiger partial charge in [0.1, 0.15) is 0 Å². The predicted molar refractivity (Wildman–Crippen MR) is 54.7 cm³/mol. The van der Waals surface area contributed by atoms with Gasteiger partial charge in [-0.05, 0) is 32.1 Å². The lowest BCUT2D eigenvalue weighted by Gasteiger charge is -2.53. The van der Waals surface area contributed by atoms with Crippen molar-refractivity contribution >= 4 is 0 Å². The van der Waals surface area contributed by atoms with E-state index in [-0.39, 0.29) is 0 Å². The number of ether oxygens (including phenoxy) is 1. The van der Waals surface area contributed by atoms with Crippen molar-refractivity contribution < 1.29 is 4.74 Å². The van der Waals surface area contributed by atoms with E-state index < -0.39 is 0 Å². The molecule has 1 heteroatoms. The van der Waals surface area contributed by atoms with Crippen molar-refractivity contribution in [1.29, 1.82) is 0 Å². The van der Waals surface area contributed by atoms with E-state index in [4.69, 9.17) is 4.74 Å². The summed E-state index contributed by atoms with van der Waals surface area (Å²) < 4.78 is 5.59. The second-order valence-electron chi connectivity index (χ2n) is 4.87. The minimum atomic E-state index is 0.528. The molecular formula is C12H22O.